The molecule has 0 bridgehead atoms. The van der Waals surface area contributed by atoms with Crippen molar-refractivity contribution in [2.24, 2.45) is 0 Å². The number of carbonyl (C=O) groups is 2. The summed E-state index contributed by atoms with van der Waals surface area (Å²) in [6.45, 7) is 2.94. The number of hydrogen-bond donors (Lipinski definition) is 2. The Morgan fingerprint density at radius 3 is 1.92 bits per heavy atom. The van der Waals surface area contributed by atoms with E-state index in [1.165, 1.54) is 11.3 Å². The lowest BCUT2D eigenvalue weighted by atomic mass is 9.90. The summed E-state index contributed by atoms with van der Waals surface area (Å²) in [5.41, 5.74) is 3.68. The third kappa shape index (κ3) is 6.10. The molecule has 192 valence electrons. The average Bonchev–Trinajstić information content (AvgIpc) is 3.50. The van der Waals surface area contributed by atoms with Crippen LogP contribution in [-0.4, -0.2) is 48.0 Å². The second-order valence-electron chi connectivity index (χ2n) is 9.00. The largest absolute Gasteiger partial charge is 0.368 e. The van der Waals surface area contributed by atoms with Crippen LogP contribution in [0.15, 0.2) is 102 Å². The van der Waals surface area contributed by atoms with Crippen LogP contribution in [0.1, 0.15) is 26.7 Å². The average molecular weight is 541 g/mol. The Morgan fingerprint density at radius 1 is 0.763 bits per heavy atom. The van der Waals surface area contributed by atoms with Crippen molar-refractivity contribution < 1.29 is 9.59 Å². The Hall–Kier alpha value is -4.01. The van der Waals surface area contributed by atoms with Gasteiger partial charge in [-0.3, -0.25) is 9.59 Å². The van der Waals surface area contributed by atoms with E-state index in [1.54, 1.807) is 0 Å². The predicted octanol–water partition coefficient (Wildman–Crippen LogP) is 5.36. The van der Waals surface area contributed by atoms with Crippen LogP contribution in [0, 0.1) is 0 Å². The van der Waals surface area contributed by atoms with Crippen molar-refractivity contribution in [3.05, 3.63) is 118 Å². The molecule has 0 atom stereocenters. The van der Waals surface area contributed by atoms with Crippen molar-refractivity contribution in [2.75, 3.05) is 36.4 Å². The number of amides is 2. The molecule has 2 N–H and O–H groups in total. The summed E-state index contributed by atoms with van der Waals surface area (Å²) in [6.07, 6.45) is 0. The lowest BCUT2D eigenvalue weighted by Gasteiger charge is -2.36. The molecule has 3 aromatic carbocycles. The van der Waals surface area contributed by atoms with Gasteiger partial charge in [-0.25, -0.2) is 0 Å². The number of hydrogen-bond acceptors (Lipinski definition) is 5. The van der Waals surface area contributed by atoms with Crippen LogP contribution in [0.3, 0.4) is 0 Å². The van der Waals surface area contributed by atoms with E-state index in [0.29, 0.717) is 13.1 Å². The number of nitrogens with zero attached hydrogens (tertiary/aromatic N) is 2. The van der Waals surface area contributed by atoms with Crippen LogP contribution in [0.25, 0.3) is 0 Å². The van der Waals surface area contributed by atoms with Crippen molar-refractivity contribution in [1.29, 1.82) is 0 Å². The zero-order chi connectivity index (χ0) is 26.3. The van der Waals surface area contributed by atoms with Crippen LogP contribution < -0.4 is 15.5 Å². The first-order valence-electron chi connectivity index (χ1n) is 12.5. The van der Waals surface area contributed by atoms with Gasteiger partial charge in [0, 0.05) is 37.6 Å². The van der Waals surface area contributed by atoms with Crippen molar-refractivity contribution in [1.82, 2.24) is 10.2 Å². The van der Waals surface area contributed by atoms with Crippen LogP contribution in [-0.2, 0) is 4.79 Å². The molecule has 2 heterocycles. The molecule has 0 aliphatic carbocycles. The van der Waals surface area contributed by atoms with Crippen molar-refractivity contribution in [3.63, 3.8) is 0 Å². The Kier molecular flexibility index (Phi) is 8.11. The van der Waals surface area contributed by atoms with Gasteiger partial charge in [0.2, 0.25) is 5.91 Å². The van der Waals surface area contributed by atoms with Gasteiger partial charge >= 0.3 is 0 Å². The highest BCUT2D eigenvalue weighted by Crippen LogP contribution is 2.25. The first-order valence-corrected chi connectivity index (χ1v) is 13.8. The minimum atomic E-state index is -0.468. The van der Waals surface area contributed by atoms with Crippen LogP contribution >= 0.6 is 23.6 Å². The smallest absolute Gasteiger partial charge is 0.264 e. The van der Waals surface area contributed by atoms with Gasteiger partial charge in [-0.2, -0.15) is 0 Å². The van der Waals surface area contributed by atoms with E-state index in [9.17, 15) is 9.59 Å². The molecule has 0 radical (unpaired) electrons. The van der Waals surface area contributed by atoms with Gasteiger partial charge in [-0.1, -0.05) is 66.7 Å². The molecule has 5 rings (SSSR count). The molecule has 0 spiro atoms. The summed E-state index contributed by atoms with van der Waals surface area (Å²) < 4.78 is 0. The molecule has 1 fully saturated rings. The highest BCUT2D eigenvalue weighted by molar-refractivity contribution is 7.80. The third-order valence-corrected chi connectivity index (χ3v) is 7.62. The number of thiocarbonyl (C=S) groups is 1. The molecule has 8 heteroatoms. The Bertz CT molecular complexity index is 1330. The van der Waals surface area contributed by atoms with Crippen LogP contribution in [0.5, 0.6) is 0 Å². The number of carbonyl (C=O) groups excluding carboxylic acids is 2. The van der Waals surface area contributed by atoms with E-state index < -0.39 is 5.92 Å². The Balaban J connectivity index is 1.17. The standard InChI is InChI=1S/C30H28N4O2S2/c35-28(27(22-8-3-1-4-9-22)23-10-5-2-6-11-23)32-30(37)31-24-13-15-25(16-14-24)33-17-19-34(20-18-33)29(36)26-12-7-21-38-26/h1-16,21,27H,17-20H2,(H2,31,32,35,37). The van der Waals surface area contributed by atoms with E-state index in [0.717, 1.165) is 40.5 Å². The Morgan fingerprint density at radius 2 is 1.37 bits per heavy atom. The lowest BCUT2D eigenvalue weighted by molar-refractivity contribution is -0.120. The number of thiophene rings is 1. The van der Waals surface area contributed by atoms with Crippen molar-refractivity contribution in [3.8, 4) is 0 Å². The quantitative estimate of drug-likeness (QED) is 0.323. The van der Waals surface area contributed by atoms with Gasteiger partial charge in [0.05, 0.1) is 10.8 Å². The Labute approximate surface area is 231 Å². The summed E-state index contributed by atoms with van der Waals surface area (Å²) in [4.78, 5) is 30.9. The number of benzene rings is 3. The molecule has 1 aliphatic rings. The van der Waals surface area contributed by atoms with Crippen molar-refractivity contribution >= 4 is 51.9 Å². The maximum Gasteiger partial charge on any atom is 0.264 e. The molecular formula is C30H28N4O2S2. The maximum atomic E-state index is 13.3. The fourth-order valence-corrected chi connectivity index (χ4v) is 5.52. The van der Waals surface area contributed by atoms with Crippen molar-refractivity contribution in [2.45, 2.75) is 5.92 Å². The molecule has 0 unspecified atom stereocenters. The van der Waals surface area contributed by atoms with Gasteiger partial charge in [0.15, 0.2) is 5.11 Å². The lowest BCUT2D eigenvalue weighted by Crippen LogP contribution is -2.48. The molecule has 1 aromatic heterocycles. The van der Waals surface area contributed by atoms with Gasteiger partial charge in [-0.15, -0.1) is 11.3 Å². The third-order valence-electron chi connectivity index (χ3n) is 6.55. The summed E-state index contributed by atoms with van der Waals surface area (Å²) in [5.74, 6) is -0.548. The topological polar surface area (TPSA) is 64.7 Å². The number of rotatable bonds is 6. The normalized spacial score (nSPS) is 13.3. The van der Waals surface area contributed by atoms with Gasteiger partial charge in [0.25, 0.3) is 5.91 Å². The number of piperazine rings is 1. The molecule has 1 saturated heterocycles. The highest BCUT2D eigenvalue weighted by Gasteiger charge is 2.24. The van der Waals surface area contributed by atoms with Crippen LogP contribution in [0.2, 0.25) is 0 Å². The fourth-order valence-electron chi connectivity index (χ4n) is 4.61. The van der Waals surface area contributed by atoms with E-state index >= 15 is 0 Å². The monoisotopic (exact) mass is 540 g/mol. The highest BCUT2D eigenvalue weighted by atomic mass is 32.1. The zero-order valence-corrected chi connectivity index (χ0v) is 22.4. The minimum Gasteiger partial charge on any atom is -0.368 e. The second kappa shape index (κ2) is 12.0. The molecule has 4 aromatic rings. The van der Waals surface area contributed by atoms with E-state index in [2.05, 4.69) is 15.5 Å². The first kappa shape index (κ1) is 25.6. The molecule has 38 heavy (non-hydrogen) atoms. The fraction of sp³-hybridized carbons (Fsp3) is 0.167. The van der Waals surface area contributed by atoms with Gasteiger partial charge in [-0.05, 0) is 59.1 Å². The minimum absolute atomic E-state index is 0.108. The molecular weight excluding hydrogens is 512 g/mol. The molecule has 2 amide bonds. The van der Waals surface area contributed by atoms with E-state index in [4.69, 9.17) is 12.2 Å². The van der Waals surface area contributed by atoms with E-state index in [1.807, 2.05) is 107 Å². The molecule has 1 aliphatic heterocycles. The number of nitrogens with one attached hydrogen (secondary N) is 2. The zero-order valence-electron chi connectivity index (χ0n) is 20.7. The summed E-state index contributed by atoms with van der Waals surface area (Å²) >= 11 is 6.95. The summed E-state index contributed by atoms with van der Waals surface area (Å²) in [6, 6.07) is 31.1. The van der Waals surface area contributed by atoms with E-state index in [-0.39, 0.29) is 16.9 Å². The van der Waals surface area contributed by atoms with Gasteiger partial charge < -0.3 is 20.4 Å². The SMILES string of the molecule is O=C(NC(=S)Nc1ccc(N2CCN(C(=O)c3cccs3)CC2)cc1)C(c1ccccc1)c1ccccc1. The first-order chi connectivity index (χ1) is 18.6. The van der Waals surface area contributed by atoms with Gasteiger partial charge in [0.1, 0.15) is 0 Å². The summed E-state index contributed by atoms with van der Waals surface area (Å²) in [7, 11) is 0. The number of anilines is 2. The van der Waals surface area contributed by atoms with Crippen LogP contribution in [0.4, 0.5) is 11.4 Å². The maximum absolute atomic E-state index is 13.3. The molecule has 0 saturated carbocycles. The summed E-state index contributed by atoms with van der Waals surface area (Å²) in [5, 5.41) is 8.17. The second-order valence-corrected chi connectivity index (χ2v) is 10.4. The predicted molar refractivity (Wildman–Crippen MR) is 158 cm³/mol. The molecule has 6 nitrogen and oxygen atoms in total.